The van der Waals surface area contributed by atoms with Crippen molar-refractivity contribution in [3.05, 3.63) is 63.3 Å². The van der Waals surface area contributed by atoms with Crippen molar-refractivity contribution in [1.82, 2.24) is 25.6 Å². The second-order valence-corrected chi connectivity index (χ2v) is 11.5. The Morgan fingerprint density at radius 2 is 2.00 bits per heavy atom. The van der Waals surface area contributed by atoms with Gasteiger partial charge in [0.2, 0.25) is 5.95 Å². The summed E-state index contributed by atoms with van der Waals surface area (Å²) in [4.78, 5) is 53.0. The lowest BCUT2D eigenvalue weighted by atomic mass is 9.97. The number of thiophene rings is 1. The van der Waals surface area contributed by atoms with E-state index in [0.29, 0.717) is 29.0 Å². The second kappa shape index (κ2) is 11.5. The fourth-order valence-corrected chi connectivity index (χ4v) is 6.04. The molecule has 196 valence electrons. The maximum atomic E-state index is 11.8. The van der Waals surface area contributed by atoms with Crippen LogP contribution in [0.3, 0.4) is 0 Å². The third-order valence-corrected chi connectivity index (χ3v) is 8.47. The molecule has 5 rings (SSSR count). The fraction of sp³-hybridized carbons (Fsp3) is 0.333. The number of nitrogens with zero attached hydrogens (tertiary/aromatic N) is 4. The highest BCUT2D eigenvalue weighted by atomic mass is 32.2. The number of carbonyl (C=O) groups excluding carboxylic acids is 3. The third kappa shape index (κ3) is 6.35. The van der Waals surface area contributed by atoms with E-state index in [9.17, 15) is 14.4 Å². The SMILES string of the molecule is CC(=O)c1ccc(-c2cc(C)cc(CNCC3CCN(c4nccc(/C=C5\SC(=O)NC5=O)n4)CC3)n2)s1. The first-order valence-corrected chi connectivity index (χ1v) is 14.1. The molecule has 5 heterocycles. The summed E-state index contributed by atoms with van der Waals surface area (Å²) in [6, 6.07) is 9.72. The number of aryl methyl sites for hydroxylation is 1. The Labute approximate surface area is 229 Å². The number of carbonyl (C=O) groups is 3. The summed E-state index contributed by atoms with van der Waals surface area (Å²) in [7, 11) is 0. The summed E-state index contributed by atoms with van der Waals surface area (Å²) in [6.07, 6.45) is 5.34. The number of imide groups is 1. The number of hydrogen-bond donors (Lipinski definition) is 2. The van der Waals surface area contributed by atoms with Crippen LogP contribution >= 0.6 is 23.1 Å². The molecule has 2 aliphatic rings. The molecule has 3 aromatic heterocycles. The van der Waals surface area contributed by atoms with Crippen LogP contribution in [0.25, 0.3) is 16.6 Å². The summed E-state index contributed by atoms with van der Waals surface area (Å²) < 4.78 is 0. The minimum absolute atomic E-state index is 0.0772. The molecule has 2 fully saturated rings. The van der Waals surface area contributed by atoms with Crippen LogP contribution in [0.15, 0.2) is 41.4 Å². The standard InChI is InChI=1S/C27H28N6O3S2/c1-16-11-20(30-21(12-16)23-4-3-22(37-23)17(2)34)15-28-14-18-6-9-33(10-7-18)26-29-8-5-19(31-26)13-24-25(35)32-27(36)38-24/h3-5,8,11-13,18,28H,6-7,9-10,14-15H2,1-2H3,(H,32,35,36)/b24-13-. The predicted octanol–water partition coefficient (Wildman–Crippen LogP) is 4.44. The van der Waals surface area contributed by atoms with Gasteiger partial charge < -0.3 is 10.2 Å². The van der Waals surface area contributed by atoms with Crippen LogP contribution in [0.2, 0.25) is 0 Å². The van der Waals surface area contributed by atoms with Crippen molar-refractivity contribution in [2.45, 2.75) is 33.2 Å². The lowest BCUT2D eigenvalue weighted by molar-refractivity contribution is -0.115. The van der Waals surface area contributed by atoms with Gasteiger partial charge >= 0.3 is 0 Å². The van der Waals surface area contributed by atoms with Gasteiger partial charge in [-0.25, -0.2) is 9.97 Å². The fourth-order valence-electron chi connectivity index (χ4n) is 4.51. The van der Waals surface area contributed by atoms with Gasteiger partial charge in [0, 0.05) is 25.8 Å². The van der Waals surface area contributed by atoms with Gasteiger partial charge in [-0.2, -0.15) is 0 Å². The zero-order valence-electron chi connectivity index (χ0n) is 21.2. The molecule has 2 amide bonds. The smallest absolute Gasteiger partial charge is 0.290 e. The number of Topliss-reactive ketones (excluding diaryl/α,β-unsaturated/α-hetero) is 1. The van der Waals surface area contributed by atoms with E-state index in [1.165, 1.54) is 11.3 Å². The second-order valence-electron chi connectivity index (χ2n) is 9.44. The Hall–Kier alpha value is -3.41. The van der Waals surface area contributed by atoms with E-state index < -0.39 is 0 Å². The summed E-state index contributed by atoms with van der Waals surface area (Å²) in [5.74, 6) is 0.867. The Morgan fingerprint density at radius 1 is 1.18 bits per heavy atom. The zero-order valence-corrected chi connectivity index (χ0v) is 22.8. The first kappa shape index (κ1) is 26.2. The van der Waals surface area contributed by atoms with Crippen LogP contribution in [0.5, 0.6) is 0 Å². The van der Waals surface area contributed by atoms with E-state index in [1.54, 1.807) is 25.3 Å². The van der Waals surface area contributed by atoms with Gasteiger partial charge in [0.25, 0.3) is 11.1 Å². The van der Waals surface area contributed by atoms with E-state index in [4.69, 9.17) is 4.98 Å². The monoisotopic (exact) mass is 548 g/mol. The van der Waals surface area contributed by atoms with E-state index in [1.807, 2.05) is 12.1 Å². The van der Waals surface area contributed by atoms with Crippen molar-refractivity contribution >= 4 is 52.1 Å². The Bertz CT molecular complexity index is 1410. The van der Waals surface area contributed by atoms with Crippen molar-refractivity contribution < 1.29 is 14.4 Å². The molecule has 0 radical (unpaired) electrons. The number of aromatic nitrogens is 3. The average molecular weight is 549 g/mol. The van der Waals surface area contributed by atoms with Gasteiger partial charge in [0.05, 0.1) is 31.7 Å². The molecular formula is C27H28N6O3S2. The molecule has 2 N–H and O–H groups in total. The Kier molecular flexibility index (Phi) is 7.96. The number of ketones is 1. The summed E-state index contributed by atoms with van der Waals surface area (Å²) in [5, 5.41) is 5.47. The van der Waals surface area contributed by atoms with Gasteiger partial charge in [-0.1, -0.05) is 0 Å². The normalized spacial score (nSPS) is 17.3. The molecule has 11 heteroatoms. The van der Waals surface area contributed by atoms with Crippen molar-refractivity contribution in [1.29, 1.82) is 0 Å². The van der Waals surface area contributed by atoms with Crippen LogP contribution in [-0.4, -0.2) is 51.5 Å². The molecule has 2 aliphatic heterocycles. The number of piperidine rings is 1. The predicted molar refractivity (Wildman–Crippen MR) is 150 cm³/mol. The third-order valence-electron chi connectivity index (χ3n) is 6.45. The number of hydrogen-bond acceptors (Lipinski definition) is 10. The number of anilines is 1. The highest BCUT2D eigenvalue weighted by Gasteiger charge is 2.26. The average Bonchev–Trinajstić information content (AvgIpc) is 3.51. The first-order valence-electron chi connectivity index (χ1n) is 12.5. The van der Waals surface area contributed by atoms with Crippen molar-refractivity contribution in [3.63, 3.8) is 0 Å². The molecule has 9 nitrogen and oxygen atoms in total. The lowest BCUT2D eigenvalue weighted by Crippen LogP contribution is -2.38. The molecule has 0 atom stereocenters. The maximum absolute atomic E-state index is 11.8. The van der Waals surface area contributed by atoms with Crippen LogP contribution < -0.4 is 15.5 Å². The Morgan fingerprint density at radius 3 is 2.71 bits per heavy atom. The van der Waals surface area contributed by atoms with Crippen LogP contribution in [0.4, 0.5) is 10.7 Å². The maximum Gasteiger partial charge on any atom is 0.290 e. The topological polar surface area (TPSA) is 117 Å². The molecule has 38 heavy (non-hydrogen) atoms. The van der Waals surface area contributed by atoms with Gasteiger partial charge in [-0.05, 0) is 92.9 Å². The summed E-state index contributed by atoms with van der Waals surface area (Å²) in [5.41, 5.74) is 3.65. The summed E-state index contributed by atoms with van der Waals surface area (Å²) >= 11 is 2.37. The molecule has 0 spiro atoms. The number of thioether (sulfide) groups is 1. The van der Waals surface area contributed by atoms with E-state index in [0.717, 1.165) is 70.9 Å². The molecule has 0 aromatic carbocycles. The molecule has 0 unspecified atom stereocenters. The van der Waals surface area contributed by atoms with Gasteiger partial charge in [-0.3, -0.25) is 24.7 Å². The van der Waals surface area contributed by atoms with E-state index in [2.05, 4.69) is 44.6 Å². The largest absolute Gasteiger partial charge is 0.341 e. The molecule has 2 saturated heterocycles. The number of nitrogens with one attached hydrogen (secondary N) is 2. The van der Waals surface area contributed by atoms with Crippen molar-refractivity contribution in [2.24, 2.45) is 5.92 Å². The van der Waals surface area contributed by atoms with Crippen LogP contribution in [0, 0.1) is 12.8 Å². The molecule has 0 aliphatic carbocycles. The minimum atomic E-state index is -0.390. The first-order chi connectivity index (χ1) is 18.3. The summed E-state index contributed by atoms with van der Waals surface area (Å²) in [6.45, 7) is 6.95. The molecule has 0 saturated carbocycles. The quantitative estimate of drug-likeness (QED) is 0.311. The Balaban J connectivity index is 1.13. The highest BCUT2D eigenvalue weighted by Crippen LogP contribution is 2.28. The van der Waals surface area contributed by atoms with Gasteiger partial charge in [-0.15, -0.1) is 11.3 Å². The van der Waals surface area contributed by atoms with E-state index >= 15 is 0 Å². The van der Waals surface area contributed by atoms with E-state index in [-0.39, 0.29) is 16.9 Å². The minimum Gasteiger partial charge on any atom is -0.341 e. The molecule has 3 aromatic rings. The van der Waals surface area contributed by atoms with Crippen molar-refractivity contribution in [3.8, 4) is 10.6 Å². The van der Waals surface area contributed by atoms with Crippen LogP contribution in [-0.2, 0) is 11.3 Å². The zero-order chi connectivity index (χ0) is 26.6. The molecular weight excluding hydrogens is 520 g/mol. The number of pyridine rings is 1. The highest BCUT2D eigenvalue weighted by molar-refractivity contribution is 8.18. The van der Waals surface area contributed by atoms with Crippen molar-refractivity contribution in [2.75, 3.05) is 24.5 Å². The van der Waals surface area contributed by atoms with Gasteiger partial charge in [0.15, 0.2) is 5.78 Å². The molecule has 0 bridgehead atoms. The van der Waals surface area contributed by atoms with Crippen LogP contribution in [0.1, 0.15) is 46.4 Å². The van der Waals surface area contributed by atoms with Gasteiger partial charge in [0.1, 0.15) is 0 Å². The number of amides is 2. The lowest BCUT2D eigenvalue weighted by Gasteiger charge is -2.32. The number of rotatable bonds is 8.